The number of carbonyl (C=O) groups excluding carboxylic acids is 1. The normalized spacial score (nSPS) is 23.5. The number of hydrogen-bond acceptors (Lipinski definition) is 4. The van der Waals surface area contributed by atoms with Crippen molar-refractivity contribution in [1.82, 2.24) is 0 Å². The molecule has 1 aromatic carbocycles. The van der Waals surface area contributed by atoms with E-state index in [4.69, 9.17) is 5.73 Å². The Labute approximate surface area is 118 Å². The molecule has 1 aliphatic rings. The predicted octanol–water partition coefficient (Wildman–Crippen LogP) is 2.19. The van der Waals surface area contributed by atoms with E-state index < -0.39 is 26.8 Å². The van der Waals surface area contributed by atoms with Gasteiger partial charge in [-0.25, -0.2) is 12.8 Å². The Bertz CT molecular complexity index is 627. The van der Waals surface area contributed by atoms with E-state index in [2.05, 4.69) is 0 Å². The fourth-order valence-electron chi connectivity index (χ4n) is 2.73. The molecule has 6 heteroatoms. The van der Waals surface area contributed by atoms with Crippen LogP contribution in [0.25, 0.3) is 0 Å². The van der Waals surface area contributed by atoms with Crippen LogP contribution in [0.5, 0.6) is 0 Å². The highest BCUT2D eigenvalue weighted by Gasteiger charge is 2.33. The number of sulfone groups is 1. The highest BCUT2D eigenvalue weighted by Crippen LogP contribution is 2.32. The maximum Gasteiger partial charge on any atom is 0.168 e. The second kappa shape index (κ2) is 5.52. The van der Waals surface area contributed by atoms with Gasteiger partial charge in [0.05, 0.1) is 5.25 Å². The van der Waals surface area contributed by atoms with Crippen molar-refractivity contribution in [2.24, 2.45) is 5.92 Å². The van der Waals surface area contributed by atoms with Gasteiger partial charge in [-0.05, 0) is 37.5 Å². The van der Waals surface area contributed by atoms with E-state index in [1.807, 2.05) is 0 Å². The minimum absolute atomic E-state index is 0.157. The van der Waals surface area contributed by atoms with E-state index in [1.165, 1.54) is 18.4 Å². The van der Waals surface area contributed by atoms with Crippen molar-refractivity contribution in [2.45, 2.75) is 30.9 Å². The van der Waals surface area contributed by atoms with Gasteiger partial charge in [0.25, 0.3) is 0 Å². The van der Waals surface area contributed by atoms with Crippen LogP contribution in [0, 0.1) is 11.7 Å². The summed E-state index contributed by atoms with van der Waals surface area (Å²) in [5, 5.41) is -0.486. The van der Waals surface area contributed by atoms with Crippen LogP contribution < -0.4 is 5.73 Å². The molecule has 4 nitrogen and oxygen atoms in total. The average Bonchev–Trinajstić information content (AvgIpc) is 2.40. The summed E-state index contributed by atoms with van der Waals surface area (Å²) >= 11 is 0. The molecule has 0 heterocycles. The minimum Gasteiger partial charge on any atom is -0.398 e. The molecule has 0 saturated heterocycles. The smallest absolute Gasteiger partial charge is 0.168 e. The number of ketones is 1. The topological polar surface area (TPSA) is 77.2 Å². The Morgan fingerprint density at radius 3 is 2.70 bits per heavy atom. The second-order valence-electron chi connectivity index (χ2n) is 5.41. The maximum atomic E-state index is 13.2. The largest absolute Gasteiger partial charge is 0.398 e. The van der Waals surface area contributed by atoms with Gasteiger partial charge >= 0.3 is 0 Å². The first-order valence-corrected chi connectivity index (χ1v) is 8.52. The lowest BCUT2D eigenvalue weighted by Crippen LogP contribution is -2.31. The number of rotatable bonds is 3. The zero-order valence-electron chi connectivity index (χ0n) is 11.3. The van der Waals surface area contributed by atoms with Crippen molar-refractivity contribution >= 4 is 21.3 Å². The zero-order chi connectivity index (χ0) is 14.9. The molecular weight excluding hydrogens is 281 g/mol. The van der Waals surface area contributed by atoms with Crippen LogP contribution in [0.2, 0.25) is 0 Å². The lowest BCUT2D eigenvalue weighted by Gasteiger charge is -2.27. The Hall–Kier alpha value is -1.43. The molecular formula is C14H18FNO3S. The highest BCUT2D eigenvalue weighted by atomic mass is 32.2. The van der Waals surface area contributed by atoms with Crippen molar-refractivity contribution in [3.8, 4) is 0 Å². The monoisotopic (exact) mass is 299 g/mol. The molecule has 1 aromatic rings. The number of nitrogen functional groups attached to an aromatic ring is 1. The summed E-state index contributed by atoms with van der Waals surface area (Å²) < 4.78 is 36.5. The number of anilines is 1. The first kappa shape index (κ1) is 15.0. The van der Waals surface area contributed by atoms with E-state index in [1.54, 1.807) is 0 Å². The number of Topliss-reactive ketones (excluding diaryl/α,β-unsaturated/α-hetero) is 1. The average molecular weight is 299 g/mol. The lowest BCUT2D eigenvalue weighted by atomic mass is 9.83. The van der Waals surface area contributed by atoms with Crippen LogP contribution in [-0.4, -0.2) is 25.7 Å². The van der Waals surface area contributed by atoms with Gasteiger partial charge < -0.3 is 5.73 Å². The van der Waals surface area contributed by atoms with Crippen LogP contribution in [0.15, 0.2) is 18.2 Å². The van der Waals surface area contributed by atoms with Crippen LogP contribution in [-0.2, 0) is 9.84 Å². The summed E-state index contributed by atoms with van der Waals surface area (Å²) in [5.41, 5.74) is 6.10. The molecule has 110 valence electrons. The summed E-state index contributed by atoms with van der Waals surface area (Å²) in [6, 6.07) is 3.69. The van der Waals surface area contributed by atoms with E-state index in [-0.39, 0.29) is 17.0 Å². The zero-order valence-corrected chi connectivity index (χ0v) is 12.1. The lowest BCUT2D eigenvalue weighted by molar-refractivity contribution is 0.0891. The van der Waals surface area contributed by atoms with Crippen LogP contribution >= 0.6 is 0 Å². The third-order valence-electron chi connectivity index (χ3n) is 3.88. The summed E-state index contributed by atoms with van der Waals surface area (Å²) in [7, 11) is -3.15. The van der Waals surface area contributed by atoms with Gasteiger partial charge in [0.15, 0.2) is 5.78 Å². The molecule has 2 unspecified atom stereocenters. The number of hydrogen-bond donors (Lipinski definition) is 1. The molecule has 2 atom stereocenters. The number of halogens is 1. The molecule has 2 rings (SSSR count). The van der Waals surface area contributed by atoms with Gasteiger partial charge in [-0.15, -0.1) is 0 Å². The molecule has 20 heavy (non-hydrogen) atoms. The fourth-order valence-corrected chi connectivity index (χ4v) is 3.91. The summed E-state index contributed by atoms with van der Waals surface area (Å²) in [6.07, 6.45) is 3.39. The van der Waals surface area contributed by atoms with Crippen molar-refractivity contribution in [3.05, 3.63) is 29.6 Å². The van der Waals surface area contributed by atoms with Crippen molar-refractivity contribution in [3.63, 3.8) is 0 Å². The van der Waals surface area contributed by atoms with E-state index in [0.29, 0.717) is 25.7 Å². The van der Waals surface area contributed by atoms with Gasteiger partial charge in [-0.3, -0.25) is 4.79 Å². The van der Waals surface area contributed by atoms with E-state index in [9.17, 15) is 17.6 Å². The third kappa shape index (κ3) is 3.17. The predicted molar refractivity (Wildman–Crippen MR) is 75.7 cm³/mol. The van der Waals surface area contributed by atoms with Gasteiger partial charge in [0.1, 0.15) is 15.7 Å². The Morgan fingerprint density at radius 2 is 2.05 bits per heavy atom. The molecule has 0 bridgehead atoms. The molecule has 0 amide bonds. The number of nitrogens with two attached hydrogens (primary N) is 1. The molecule has 0 radical (unpaired) electrons. The molecule has 0 spiro atoms. The van der Waals surface area contributed by atoms with Gasteiger partial charge in [-0.1, -0.05) is 6.42 Å². The summed E-state index contributed by atoms with van der Waals surface area (Å²) in [4.78, 5) is 12.4. The molecule has 2 N–H and O–H groups in total. The van der Waals surface area contributed by atoms with Gasteiger partial charge in [0.2, 0.25) is 0 Å². The van der Waals surface area contributed by atoms with Crippen LogP contribution in [0.3, 0.4) is 0 Å². The standard InChI is InChI=1S/C14H18FNO3S/c1-20(18,19)11-4-2-3-9(7-11)14(17)12-8-10(15)5-6-13(12)16/h5-6,8-9,11H,2-4,7,16H2,1H3. The first-order chi connectivity index (χ1) is 9.29. The SMILES string of the molecule is CS(=O)(=O)C1CCCC(C(=O)c2cc(F)ccc2N)C1. The Balaban J connectivity index is 2.23. The Kier molecular flexibility index (Phi) is 4.13. The first-order valence-electron chi connectivity index (χ1n) is 6.57. The minimum atomic E-state index is -3.15. The van der Waals surface area contributed by atoms with Crippen LogP contribution in [0.4, 0.5) is 10.1 Å². The summed E-state index contributed by atoms with van der Waals surface area (Å²) in [6.45, 7) is 0. The summed E-state index contributed by atoms with van der Waals surface area (Å²) in [5.74, 6) is -1.17. The molecule has 0 aromatic heterocycles. The molecule has 0 aliphatic heterocycles. The van der Waals surface area contributed by atoms with Gasteiger partial charge in [0, 0.05) is 23.4 Å². The van der Waals surface area contributed by atoms with Crippen molar-refractivity contribution in [1.29, 1.82) is 0 Å². The number of benzene rings is 1. The molecule has 1 aliphatic carbocycles. The van der Waals surface area contributed by atoms with E-state index in [0.717, 1.165) is 6.07 Å². The molecule has 1 fully saturated rings. The van der Waals surface area contributed by atoms with Crippen LogP contribution in [0.1, 0.15) is 36.0 Å². The number of carbonyl (C=O) groups is 1. The quantitative estimate of drug-likeness (QED) is 0.685. The molecule has 1 saturated carbocycles. The highest BCUT2D eigenvalue weighted by molar-refractivity contribution is 7.91. The second-order valence-corrected chi connectivity index (χ2v) is 7.74. The van der Waals surface area contributed by atoms with Gasteiger partial charge in [-0.2, -0.15) is 0 Å². The maximum absolute atomic E-state index is 13.2. The Morgan fingerprint density at radius 1 is 1.35 bits per heavy atom. The van der Waals surface area contributed by atoms with Crippen molar-refractivity contribution < 1.29 is 17.6 Å². The van der Waals surface area contributed by atoms with Crippen molar-refractivity contribution in [2.75, 3.05) is 12.0 Å². The van der Waals surface area contributed by atoms with E-state index >= 15 is 0 Å². The fraction of sp³-hybridized carbons (Fsp3) is 0.500. The third-order valence-corrected chi connectivity index (χ3v) is 5.52.